The molecule has 2 amide bonds. The van der Waals surface area contributed by atoms with Crippen molar-refractivity contribution in [2.45, 2.75) is 6.92 Å². The van der Waals surface area contributed by atoms with Gasteiger partial charge in [-0.1, -0.05) is 18.2 Å². The average Bonchev–Trinajstić information content (AvgIpc) is 2.87. The number of amides is 2. The predicted octanol–water partition coefficient (Wildman–Crippen LogP) is 3.14. The lowest BCUT2D eigenvalue weighted by atomic mass is 10.0. The molecule has 0 atom stereocenters. The Bertz CT molecular complexity index is 854. The Balaban J connectivity index is 2.18. The second-order valence-corrected chi connectivity index (χ2v) is 5.34. The van der Waals surface area contributed by atoms with E-state index in [1.807, 2.05) is 12.1 Å². The molecule has 0 bridgehead atoms. The van der Waals surface area contributed by atoms with Crippen molar-refractivity contribution < 1.29 is 19.1 Å². The molecule has 2 aromatic rings. The molecule has 0 fully saturated rings. The SMILES string of the molecule is COc1ccc(OC)c(/C=C2/C(=O)N(C(C)=O)c3ccccc32)c1. The molecule has 1 heterocycles. The number of hydrogen-bond acceptors (Lipinski definition) is 4. The van der Waals surface area contributed by atoms with Crippen LogP contribution in [0.5, 0.6) is 11.5 Å². The maximum absolute atomic E-state index is 12.7. The number of methoxy groups -OCH3 is 2. The number of anilines is 1. The molecule has 1 aliphatic heterocycles. The number of carbonyl (C=O) groups is 2. The first-order valence-corrected chi connectivity index (χ1v) is 7.45. The van der Waals surface area contributed by atoms with Gasteiger partial charge in [0.05, 0.1) is 25.5 Å². The number of ether oxygens (including phenoxy) is 2. The minimum absolute atomic E-state index is 0.312. The van der Waals surface area contributed by atoms with E-state index in [1.165, 1.54) is 11.8 Å². The van der Waals surface area contributed by atoms with Crippen molar-refractivity contribution in [3.63, 3.8) is 0 Å². The molecule has 0 unspecified atom stereocenters. The molecule has 0 saturated heterocycles. The minimum Gasteiger partial charge on any atom is -0.497 e. The summed E-state index contributed by atoms with van der Waals surface area (Å²) < 4.78 is 10.6. The van der Waals surface area contributed by atoms with Crippen LogP contribution in [-0.2, 0) is 9.59 Å². The highest BCUT2D eigenvalue weighted by Gasteiger charge is 2.34. The number of carbonyl (C=O) groups excluding carboxylic acids is 2. The zero-order chi connectivity index (χ0) is 17.3. The van der Waals surface area contributed by atoms with Gasteiger partial charge < -0.3 is 9.47 Å². The maximum atomic E-state index is 12.7. The predicted molar refractivity (Wildman–Crippen MR) is 92.0 cm³/mol. The summed E-state index contributed by atoms with van der Waals surface area (Å²) in [5.41, 5.74) is 2.48. The summed E-state index contributed by atoms with van der Waals surface area (Å²) in [5, 5.41) is 0. The molecule has 5 heteroatoms. The van der Waals surface area contributed by atoms with Gasteiger partial charge in [-0.05, 0) is 30.3 Å². The van der Waals surface area contributed by atoms with Crippen LogP contribution in [0.1, 0.15) is 18.1 Å². The Labute approximate surface area is 140 Å². The molecule has 24 heavy (non-hydrogen) atoms. The number of para-hydroxylation sites is 1. The summed E-state index contributed by atoms with van der Waals surface area (Å²) in [7, 11) is 3.14. The number of nitrogens with zero attached hydrogens (tertiary/aromatic N) is 1. The number of benzene rings is 2. The topological polar surface area (TPSA) is 55.8 Å². The van der Waals surface area contributed by atoms with E-state index < -0.39 is 0 Å². The molecule has 5 nitrogen and oxygen atoms in total. The van der Waals surface area contributed by atoms with Crippen LogP contribution in [0.25, 0.3) is 11.6 Å². The van der Waals surface area contributed by atoms with Crippen molar-refractivity contribution >= 4 is 29.2 Å². The van der Waals surface area contributed by atoms with Crippen LogP contribution in [-0.4, -0.2) is 26.0 Å². The molecular formula is C19H17NO4. The Morgan fingerprint density at radius 2 is 1.83 bits per heavy atom. The van der Waals surface area contributed by atoms with Crippen LogP contribution in [0.2, 0.25) is 0 Å². The van der Waals surface area contributed by atoms with Gasteiger partial charge in [0.15, 0.2) is 0 Å². The standard InChI is InChI=1S/C19H17NO4/c1-12(21)20-17-7-5-4-6-15(17)16(19(20)22)11-13-10-14(23-2)8-9-18(13)24-3/h4-11H,1-3H3/b16-11+. The third-order valence-electron chi connectivity index (χ3n) is 3.92. The highest BCUT2D eigenvalue weighted by atomic mass is 16.5. The van der Waals surface area contributed by atoms with Crippen molar-refractivity contribution in [2.75, 3.05) is 19.1 Å². The van der Waals surface area contributed by atoms with Crippen LogP contribution >= 0.6 is 0 Å². The van der Waals surface area contributed by atoms with Crippen molar-refractivity contribution in [3.05, 3.63) is 53.6 Å². The summed E-state index contributed by atoms with van der Waals surface area (Å²) in [6.07, 6.45) is 1.73. The number of fused-ring (bicyclic) bond motifs is 1. The van der Waals surface area contributed by atoms with Gasteiger partial charge in [-0.3, -0.25) is 9.59 Å². The van der Waals surface area contributed by atoms with E-state index in [9.17, 15) is 9.59 Å². The molecule has 0 N–H and O–H groups in total. The van der Waals surface area contributed by atoms with Gasteiger partial charge in [-0.25, -0.2) is 4.90 Å². The number of rotatable bonds is 3. The van der Waals surface area contributed by atoms with E-state index in [-0.39, 0.29) is 11.8 Å². The highest BCUT2D eigenvalue weighted by Crippen LogP contribution is 2.39. The zero-order valence-corrected chi connectivity index (χ0v) is 13.7. The smallest absolute Gasteiger partial charge is 0.265 e. The lowest BCUT2D eigenvalue weighted by molar-refractivity contribution is -0.122. The van der Waals surface area contributed by atoms with E-state index >= 15 is 0 Å². The second-order valence-electron chi connectivity index (χ2n) is 5.34. The number of hydrogen-bond donors (Lipinski definition) is 0. The Morgan fingerprint density at radius 1 is 1.08 bits per heavy atom. The largest absolute Gasteiger partial charge is 0.497 e. The summed E-state index contributed by atoms with van der Waals surface area (Å²) >= 11 is 0. The van der Waals surface area contributed by atoms with Crippen LogP contribution in [0.3, 0.4) is 0 Å². The van der Waals surface area contributed by atoms with Crippen molar-refractivity contribution in [3.8, 4) is 11.5 Å². The first-order chi connectivity index (χ1) is 11.6. The monoisotopic (exact) mass is 323 g/mol. The molecule has 0 spiro atoms. The quantitative estimate of drug-likeness (QED) is 0.814. The fraction of sp³-hybridized carbons (Fsp3) is 0.158. The van der Waals surface area contributed by atoms with Gasteiger partial charge in [0.25, 0.3) is 5.91 Å². The minimum atomic E-state index is -0.339. The Hall–Kier alpha value is -3.08. The van der Waals surface area contributed by atoms with Crippen molar-refractivity contribution in [2.24, 2.45) is 0 Å². The molecular weight excluding hydrogens is 306 g/mol. The van der Waals surface area contributed by atoms with Gasteiger partial charge in [0.1, 0.15) is 11.5 Å². The molecule has 1 aliphatic rings. The van der Waals surface area contributed by atoms with Gasteiger partial charge in [0.2, 0.25) is 5.91 Å². The maximum Gasteiger partial charge on any atom is 0.265 e. The Kier molecular flexibility index (Phi) is 4.08. The lowest BCUT2D eigenvalue weighted by Gasteiger charge is -2.11. The molecule has 122 valence electrons. The fourth-order valence-electron chi connectivity index (χ4n) is 2.80. The third-order valence-corrected chi connectivity index (χ3v) is 3.92. The molecule has 3 rings (SSSR count). The van der Waals surface area contributed by atoms with E-state index in [2.05, 4.69) is 0 Å². The van der Waals surface area contributed by atoms with Gasteiger partial charge in [-0.2, -0.15) is 0 Å². The average molecular weight is 323 g/mol. The Morgan fingerprint density at radius 3 is 2.50 bits per heavy atom. The molecule has 0 aliphatic carbocycles. The van der Waals surface area contributed by atoms with E-state index in [0.29, 0.717) is 28.3 Å². The first-order valence-electron chi connectivity index (χ1n) is 7.45. The molecule has 0 aromatic heterocycles. The summed E-state index contributed by atoms with van der Waals surface area (Å²) in [6.45, 7) is 1.38. The molecule has 0 radical (unpaired) electrons. The van der Waals surface area contributed by atoms with Gasteiger partial charge in [-0.15, -0.1) is 0 Å². The summed E-state index contributed by atoms with van der Waals surface area (Å²) in [6, 6.07) is 12.6. The van der Waals surface area contributed by atoms with Crippen molar-refractivity contribution in [1.29, 1.82) is 0 Å². The van der Waals surface area contributed by atoms with Crippen LogP contribution in [0, 0.1) is 0 Å². The van der Waals surface area contributed by atoms with E-state index in [0.717, 1.165) is 5.56 Å². The molecule has 2 aromatic carbocycles. The normalized spacial score (nSPS) is 14.7. The highest BCUT2D eigenvalue weighted by molar-refractivity contribution is 6.42. The number of imide groups is 1. The van der Waals surface area contributed by atoms with Gasteiger partial charge in [0, 0.05) is 18.1 Å². The van der Waals surface area contributed by atoms with Crippen LogP contribution in [0.4, 0.5) is 5.69 Å². The third kappa shape index (κ3) is 2.54. The zero-order valence-electron chi connectivity index (χ0n) is 13.7. The van der Waals surface area contributed by atoms with E-state index in [1.54, 1.807) is 50.6 Å². The summed E-state index contributed by atoms with van der Waals surface area (Å²) in [5.74, 6) is 0.627. The first kappa shape index (κ1) is 15.8. The molecule has 0 saturated carbocycles. The lowest BCUT2D eigenvalue weighted by Crippen LogP contribution is -2.31. The van der Waals surface area contributed by atoms with Crippen molar-refractivity contribution in [1.82, 2.24) is 0 Å². The van der Waals surface area contributed by atoms with Crippen LogP contribution in [0.15, 0.2) is 42.5 Å². The second kappa shape index (κ2) is 6.20. The fourth-order valence-corrected chi connectivity index (χ4v) is 2.80. The van der Waals surface area contributed by atoms with Crippen LogP contribution < -0.4 is 14.4 Å². The van der Waals surface area contributed by atoms with E-state index in [4.69, 9.17) is 9.47 Å². The van der Waals surface area contributed by atoms with Gasteiger partial charge >= 0.3 is 0 Å². The summed E-state index contributed by atoms with van der Waals surface area (Å²) in [4.78, 5) is 25.8.